The van der Waals surface area contributed by atoms with Crippen LogP contribution in [0.1, 0.15) is 0 Å². The van der Waals surface area contributed by atoms with Crippen molar-refractivity contribution >= 4 is 33.8 Å². The molecule has 2 aromatic carbocycles. The van der Waals surface area contributed by atoms with E-state index in [1.807, 2.05) is 12.1 Å². The average Bonchev–Trinajstić information content (AvgIpc) is 2.40. The number of methoxy groups -OCH3 is 1. The van der Waals surface area contributed by atoms with Crippen molar-refractivity contribution in [3.8, 4) is 5.75 Å². The molecule has 94 valence electrons. The summed E-state index contributed by atoms with van der Waals surface area (Å²) in [5.41, 5.74) is 1.25. The molecule has 0 N–H and O–H groups in total. The summed E-state index contributed by atoms with van der Waals surface area (Å²) in [5, 5.41) is 0. The zero-order valence-corrected chi connectivity index (χ0v) is 13.2. The van der Waals surface area contributed by atoms with Crippen LogP contribution in [-0.2, 0) is 0 Å². The molecule has 2 aromatic rings. The maximum absolute atomic E-state index is 5.17. The quantitative estimate of drug-likeness (QED) is 0.770. The van der Waals surface area contributed by atoms with Crippen LogP contribution in [0.4, 0.5) is 5.69 Å². The van der Waals surface area contributed by atoms with Gasteiger partial charge in [0.25, 0.3) is 0 Å². The number of benzene rings is 2. The SMILES string of the molecule is COc1ccc([Te]c2ccc(N(C)C)cc2)cc1. The van der Waals surface area contributed by atoms with E-state index >= 15 is 0 Å². The maximum atomic E-state index is 5.17. The first kappa shape index (κ1) is 13.3. The van der Waals surface area contributed by atoms with Crippen molar-refractivity contribution in [2.75, 3.05) is 26.1 Å². The molecular weight excluding hydrogens is 338 g/mol. The second-order valence-corrected chi connectivity index (χ2v) is 7.44. The Morgan fingerprint density at radius 3 is 1.78 bits per heavy atom. The predicted molar refractivity (Wildman–Crippen MR) is 78.8 cm³/mol. The fourth-order valence-electron chi connectivity index (χ4n) is 1.59. The molecular formula is C15H17NOTe. The van der Waals surface area contributed by atoms with Crippen LogP contribution in [0, 0.1) is 0 Å². The van der Waals surface area contributed by atoms with Crippen LogP contribution in [0.15, 0.2) is 48.5 Å². The first-order valence-corrected chi connectivity index (χ1v) is 8.11. The first-order chi connectivity index (χ1) is 8.69. The normalized spacial score (nSPS) is 10.2. The molecule has 0 unspecified atom stereocenters. The van der Waals surface area contributed by atoms with Crippen molar-refractivity contribution < 1.29 is 4.74 Å². The van der Waals surface area contributed by atoms with Gasteiger partial charge in [0, 0.05) is 0 Å². The third kappa shape index (κ3) is 3.41. The molecule has 0 aliphatic carbocycles. The first-order valence-electron chi connectivity index (χ1n) is 5.78. The number of rotatable bonds is 4. The molecule has 0 spiro atoms. The summed E-state index contributed by atoms with van der Waals surface area (Å²) in [4.78, 5) is 2.12. The molecule has 0 fully saturated rings. The van der Waals surface area contributed by atoms with Gasteiger partial charge in [-0.3, -0.25) is 0 Å². The fraction of sp³-hybridized carbons (Fsp3) is 0.200. The van der Waals surface area contributed by atoms with E-state index in [0.29, 0.717) is 0 Å². The van der Waals surface area contributed by atoms with Crippen LogP contribution >= 0.6 is 0 Å². The number of ether oxygens (including phenoxy) is 1. The Morgan fingerprint density at radius 2 is 1.33 bits per heavy atom. The zero-order chi connectivity index (χ0) is 13.0. The van der Waals surface area contributed by atoms with E-state index in [-0.39, 0.29) is 20.9 Å². The monoisotopic (exact) mass is 357 g/mol. The van der Waals surface area contributed by atoms with Gasteiger partial charge in [0.05, 0.1) is 0 Å². The Kier molecular flexibility index (Phi) is 4.52. The topological polar surface area (TPSA) is 12.5 Å². The average molecular weight is 355 g/mol. The molecule has 2 rings (SSSR count). The predicted octanol–water partition coefficient (Wildman–Crippen LogP) is 1.42. The second-order valence-electron chi connectivity index (χ2n) is 4.17. The second kappa shape index (κ2) is 6.13. The number of nitrogens with zero attached hydrogens (tertiary/aromatic N) is 1. The Hall–Kier alpha value is -1.17. The molecule has 0 aromatic heterocycles. The van der Waals surface area contributed by atoms with E-state index < -0.39 is 0 Å². The molecule has 0 bridgehead atoms. The number of anilines is 1. The van der Waals surface area contributed by atoms with Gasteiger partial charge in [-0.1, -0.05) is 0 Å². The van der Waals surface area contributed by atoms with Gasteiger partial charge in [-0.05, 0) is 0 Å². The minimum absolute atomic E-state index is 0.287. The van der Waals surface area contributed by atoms with E-state index in [0.717, 1.165) is 5.75 Å². The van der Waals surface area contributed by atoms with Gasteiger partial charge < -0.3 is 0 Å². The zero-order valence-electron chi connectivity index (χ0n) is 10.9. The summed E-state index contributed by atoms with van der Waals surface area (Å²) in [7, 11) is 5.83. The Morgan fingerprint density at radius 1 is 0.833 bits per heavy atom. The molecule has 0 amide bonds. The number of hydrogen-bond acceptors (Lipinski definition) is 2. The molecule has 0 saturated carbocycles. The van der Waals surface area contributed by atoms with E-state index in [2.05, 4.69) is 55.4 Å². The molecule has 0 radical (unpaired) electrons. The van der Waals surface area contributed by atoms with E-state index in [4.69, 9.17) is 4.74 Å². The minimum atomic E-state index is -0.287. The third-order valence-corrected chi connectivity index (χ3v) is 5.55. The van der Waals surface area contributed by atoms with Gasteiger partial charge in [-0.25, -0.2) is 0 Å². The third-order valence-electron chi connectivity index (χ3n) is 2.65. The molecule has 0 aliphatic heterocycles. The van der Waals surface area contributed by atoms with E-state index in [1.54, 1.807) is 7.11 Å². The van der Waals surface area contributed by atoms with Crippen molar-refractivity contribution in [3.63, 3.8) is 0 Å². The number of hydrogen-bond donors (Lipinski definition) is 0. The van der Waals surface area contributed by atoms with Crippen molar-refractivity contribution in [1.29, 1.82) is 0 Å². The summed E-state index contributed by atoms with van der Waals surface area (Å²) >= 11 is -0.287. The molecule has 0 aliphatic rings. The molecule has 18 heavy (non-hydrogen) atoms. The van der Waals surface area contributed by atoms with Crippen molar-refractivity contribution in [2.45, 2.75) is 0 Å². The van der Waals surface area contributed by atoms with Gasteiger partial charge in [0.15, 0.2) is 0 Å². The van der Waals surface area contributed by atoms with E-state index in [9.17, 15) is 0 Å². The Balaban J connectivity index is 2.08. The van der Waals surface area contributed by atoms with Crippen LogP contribution in [0.5, 0.6) is 5.75 Å². The Labute approximate surface area is 119 Å². The van der Waals surface area contributed by atoms with Crippen molar-refractivity contribution in [3.05, 3.63) is 48.5 Å². The van der Waals surface area contributed by atoms with Gasteiger partial charge in [0.2, 0.25) is 0 Å². The summed E-state index contributed by atoms with van der Waals surface area (Å²) in [6, 6.07) is 17.3. The molecule has 3 heteroatoms. The molecule has 2 nitrogen and oxygen atoms in total. The van der Waals surface area contributed by atoms with Crippen LogP contribution in [0.25, 0.3) is 0 Å². The van der Waals surface area contributed by atoms with Gasteiger partial charge in [-0.2, -0.15) is 0 Å². The van der Waals surface area contributed by atoms with E-state index in [1.165, 1.54) is 12.9 Å². The molecule has 0 atom stereocenters. The van der Waals surface area contributed by atoms with Crippen LogP contribution < -0.4 is 16.9 Å². The molecule has 0 saturated heterocycles. The van der Waals surface area contributed by atoms with Crippen molar-refractivity contribution in [1.82, 2.24) is 0 Å². The Bertz CT molecular complexity index is 491. The van der Waals surface area contributed by atoms with Crippen LogP contribution in [0.2, 0.25) is 0 Å². The van der Waals surface area contributed by atoms with Gasteiger partial charge in [-0.15, -0.1) is 0 Å². The van der Waals surface area contributed by atoms with Gasteiger partial charge >= 0.3 is 119 Å². The van der Waals surface area contributed by atoms with Crippen LogP contribution in [0.3, 0.4) is 0 Å². The fourth-order valence-corrected chi connectivity index (χ4v) is 3.92. The summed E-state index contributed by atoms with van der Waals surface area (Å²) < 4.78 is 8.05. The van der Waals surface area contributed by atoms with Crippen molar-refractivity contribution in [2.24, 2.45) is 0 Å². The summed E-state index contributed by atoms with van der Waals surface area (Å²) in [6.45, 7) is 0. The van der Waals surface area contributed by atoms with Crippen LogP contribution in [-0.4, -0.2) is 42.1 Å². The van der Waals surface area contributed by atoms with Gasteiger partial charge in [0.1, 0.15) is 0 Å². The summed E-state index contributed by atoms with van der Waals surface area (Å²) in [6.07, 6.45) is 0. The molecule has 0 heterocycles. The standard InChI is InChI=1S/C15H17NOTe/c1-16(2)12-4-8-14(9-5-12)18-15-10-6-13(17-3)7-11-15/h4-11H,1-3H3. The summed E-state index contributed by atoms with van der Waals surface area (Å²) in [5.74, 6) is 0.925.